The van der Waals surface area contributed by atoms with E-state index in [0.29, 0.717) is 24.7 Å². The molecule has 1 fully saturated rings. The Morgan fingerprint density at radius 2 is 1.91 bits per heavy atom. The maximum Gasteiger partial charge on any atom is 0.410 e. The molecule has 33 heavy (non-hydrogen) atoms. The first-order chi connectivity index (χ1) is 15.6. The zero-order valence-corrected chi connectivity index (χ0v) is 20.5. The summed E-state index contributed by atoms with van der Waals surface area (Å²) in [5.74, 6) is -0.533. The zero-order chi connectivity index (χ0) is 24.2. The number of rotatable bonds is 6. The fourth-order valence-electron chi connectivity index (χ4n) is 3.43. The minimum absolute atomic E-state index is 0.0297. The Kier molecular flexibility index (Phi) is 7.86. The molecule has 1 saturated heterocycles. The number of nitrogens with zero attached hydrogens (tertiary/aromatic N) is 3. The van der Waals surface area contributed by atoms with Crippen LogP contribution in [0.5, 0.6) is 0 Å². The van der Waals surface area contributed by atoms with Gasteiger partial charge in [0.15, 0.2) is 0 Å². The van der Waals surface area contributed by atoms with E-state index in [9.17, 15) is 9.59 Å². The lowest BCUT2D eigenvalue weighted by Gasteiger charge is -2.35. The average Bonchev–Trinajstić information content (AvgIpc) is 3.19. The molecule has 0 unspecified atom stereocenters. The van der Waals surface area contributed by atoms with Crippen molar-refractivity contribution >= 4 is 35.4 Å². The van der Waals surface area contributed by atoms with Crippen molar-refractivity contribution in [1.82, 2.24) is 14.8 Å². The van der Waals surface area contributed by atoms with E-state index >= 15 is 0 Å². The topological polar surface area (TPSA) is 97.1 Å². The smallest absolute Gasteiger partial charge is 0.410 e. The first-order valence-electron chi connectivity index (χ1n) is 10.9. The van der Waals surface area contributed by atoms with Crippen molar-refractivity contribution in [3.8, 4) is 0 Å². The van der Waals surface area contributed by atoms with Gasteiger partial charge in [-0.1, -0.05) is 11.6 Å². The Morgan fingerprint density at radius 1 is 1.21 bits per heavy atom. The van der Waals surface area contributed by atoms with Gasteiger partial charge in [-0.15, -0.1) is 0 Å². The number of esters is 1. The van der Waals surface area contributed by atoms with Crippen LogP contribution in [0.1, 0.15) is 49.4 Å². The van der Waals surface area contributed by atoms with Gasteiger partial charge in [-0.2, -0.15) is 0 Å². The third-order valence-electron chi connectivity index (χ3n) is 5.12. The summed E-state index contributed by atoms with van der Waals surface area (Å²) in [7, 11) is 0. The summed E-state index contributed by atoms with van der Waals surface area (Å²) < 4.78 is 15.8. The van der Waals surface area contributed by atoms with Gasteiger partial charge in [0.05, 0.1) is 12.8 Å². The molecule has 3 rings (SSSR count). The molecule has 0 spiro atoms. The van der Waals surface area contributed by atoms with Gasteiger partial charge in [0.1, 0.15) is 5.60 Å². The molecule has 1 aromatic carbocycles. The fraction of sp³-hybridized carbons (Fsp3) is 0.522. The Labute approximate surface area is 199 Å². The lowest BCUT2D eigenvalue weighted by Crippen LogP contribution is -2.49. The van der Waals surface area contributed by atoms with Crippen LogP contribution in [0.4, 0.5) is 16.5 Å². The molecule has 1 aliphatic heterocycles. The van der Waals surface area contributed by atoms with Crippen LogP contribution >= 0.6 is 11.6 Å². The maximum atomic E-state index is 12.3. The van der Waals surface area contributed by atoms with Crippen LogP contribution in [0.2, 0.25) is 5.02 Å². The number of benzene rings is 1. The molecule has 0 bridgehead atoms. The first kappa shape index (κ1) is 24.9. The van der Waals surface area contributed by atoms with Crippen molar-refractivity contribution in [1.29, 1.82) is 0 Å². The number of halogens is 1. The number of hydrogen-bond donors (Lipinski definition) is 1. The number of amides is 1. The van der Waals surface area contributed by atoms with E-state index in [4.69, 9.17) is 25.5 Å². The molecule has 0 atom stereocenters. The standard InChI is InChI=1S/C23H31ClN4O5/c1-6-31-20(29)19-13-25-21(32-19)26-18-12-17(24)11-16(15(18)2)14-27-7-9-28(10-8-27)22(30)33-23(3,4)5/h11-13H,6-10,14H2,1-5H3,(H,25,26). The summed E-state index contributed by atoms with van der Waals surface area (Å²) in [6.07, 6.45) is 1.05. The lowest BCUT2D eigenvalue weighted by atomic mass is 10.1. The van der Waals surface area contributed by atoms with E-state index < -0.39 is 11.6 Å². The molecule has 180 valence electrons. The number of anilines is 2. The van der Waals surface area contributed by atoms with Gasteiger partial charge in [-0.05, 0) is 57.9 Å². The molecule has 0 aliphatic carbocycles. The number of aromatic nitrogens is 1. The van der Waals surface area contributed by atoms with Crippen molar-refractivity contribution in [2.45, 2.75) is 46.8 Å². The molecule has 0 saturated carbocycles. The van der Waals surface area contributed by atoms with Gasteiger partial charge in [0.25, 0.3) is 6.01 Å². The fourth-order valence-corrected chi connectivity index (χ4v) is 3.67. The van der Waals surface area contributed by atoms with Crippen molar-refractivity contribution in [3.63, 3.8) is 0 Å². The van der Waals surface area contributed by atoms with Gasteiger partial charge in [0, 0.05) is 43.4 Å². The van der Waals surface area contributed by atoms with Crippen molar-refractivity contribution in [2.24, 2.45) is 0 Å². The average molecular weight is 479 g/mol. The van der Waals surface area contributed by atoms with Crippen LogP contribution in [0, 0.1) is 6.92 Å². The Bertz CT molecular complexity index is 993. The number of piperazine rings is 1. The minimum Gasteiger partial charge on any atom is -0.460 e. The third-order valence-corrected chi connectivity index (χ3v) is 5.34. The van der Waals surface area contributed by atoms with Crippen LogP contribution in [-0.2, 0) is 16.0 Å². The molecule has 0 radical (unpaired) electrons. The van der Waals surface area contributed by atoms with E-state index in [1.54, 1.807) is 17.9 Å². The van der Waals surface area contributed by atoms with E-state index in [1.165, 1.54) is 6.20 Å². The Balaban J connectivity index is 1.64. The zero-order valence-electron chi connectivity index (χ0n) is 19.7. The molecular weight excluding hydrogens is 448 g/mol. The van der Waals surface area contributed by atoms with Gasteiger partial charge < -0.3 is 24.1 Å². The quantitative estimate of drug-likeness (QED) is 0.601. The molecule has 1 amide bonds. The third kappa shape index (κ3) is 6.85. The summed E-state index contributed by atoms with van der Waals surface area (Å²) in [5, 5.41) is 3.67. The van der Waals surface area contributed by atoms with Gasteiger partial charge in [-0.3, -0.25) is 4.90 Å². The SMILES string of the molecule is CCOC(=O)c1cnc(Nc2cc(Cl)cc(CN3CCN(C(=O)OC(C)(C)C)CC3)c2C)o1. The highest BCUT2D eigenvalue weighted by Gasteiger charge is 2.26. The monoisotopic (exact) mass is 478 g/mol. The largest absolute Gasteiger partial charge is 0.460 e. The second-order valence-electron chi connectivity index (χ2n) is 8.86. The number of oxazole rings is 1. The van der Waals surface area contributed by atoms with Gasteiger partial charge in [-0.25, -0.2) is 14.6 Å². The second-order valence-corrected chi connectivity index (χ2v) is 9.29. The summed E-state index contributed by atoms with van der Waals surface area (Å²) in [6, 6.07) is 3.90. The van der Waals surface area contributed by atoms with Crippen LogP contribution < -0.4 is 5.32 Å². The minimum atomic E-state index is -0.563. The molecule has 10 heteroatoms. The summed E-state index contributed by atoms with van der Waals surface area (Å²) >= 11 is 6.38. The summed E-state index contributed by atoms with van der Waals surface area (Å²) in [5.41, 5.74) is 2.27. The van der Waals surface area contributed by atoms with Gasteiger partial charge in [0.2, 0.25) is 5.76 Å². The summed E-state index contributed by atoms with van der Waals surface area (Å²) in [4.78, 5) is 32.2. The molecule has 2 heterocycles. The number of nitrogens with one attached hydrogen (secondary N) is 1. The lowest BCUT2D eigenvalue weighted by molar-refractivity contribution is 0.0138. The number of hydrogen-bond acceptors (Lipinski definition) is 8. The highest BCUT2D eigenvalue weighted by molar-refractivity contribution is 6.31. The second kappa shape index (κ2) is 10.4. The van der Waals surface area contributed by atoms with Crippen LogP contribution in [0.15, 0.2) is 22.7 Å². The van der Waals surface area contributed by atoms with Crippen LogP contribution in [0.3, 0.4) is 0 Å². The molecule has 9 nitrogen and oxygen atoms in total. The molecular formula is C23H31ClN4O5. The molecule has 2 aromatic rings. The maximum absolute atomic E-state index is 12.3. The normalized spacial score (nSPS) is 14.8. The molecule has 1 aromatic heterocycles. The predicted molar refractivity (Wildman–Crippen MR) is 125 cm³/mol. The van der Waals surface area contributed by atoms with Crippen molar-refractivity contribution < 1.29 is 23.5 Å². The highest BCUT2D eigenvalue weighted by atomic mass is 35.5. The summed E-state index contributed by atoms with van der Waals surface area (Å²) in [6.45, 7) is 12.9. The van der Waals surface area contributed by atoms with Crippen molar-refractivity contribution in [2.75, 3.05) is 38.1 Å². The van der Waals surface area contributed by atoms with E-state index in [2.05, 4.69) is 15.2 Å². The predicted octanol–water partition coefficient (Wildman–Crippen LogP) is 4.61. The number of ether oxygens (including phenoxy) is 2. The van der Waals surface area contributed by atoms with Crippen LogP contribution in [0.25, 0.3) is 0 Å². The first-order valence-corrected chi connectivity index (χ1v) is 11.3. The number of carbonyl (C=O) groups excluding carboxylic acids is 2. The highest BCUT2D eigenvalue weighted by Crippen LogP contribution is 2.29. The number of carbonyl (C=O) groups is 2. The van der Waals surface area contributed by atoms with Crippen molar-refractivity contribution in [3.05, 3.63) is 40.2 Å². The molecule has 1 aliphatic rings. The van der Waals surface area contributed by atoms with E-state index in [1.807, 2.05) is 33.8 Å². The van der Waals surface area contributed by atoms with Crippen LogP contribution in [-0.4, -0.2) is 65.2 Å². The van der Waals surface area contributed by atoms with E-state index in [0.717, 1.165) is 29.9 Å². The Morgan fingerprint density at radius 3 is 2.55 bits per heavy atom. The molecule has 1 N–H and O–H groups in total. The Hall–Kier alpha value is -2.78. The van der Waals surface area contributed by atoms with Gasteiger partial charge >= 0.3 is 12.1 Å². The van der Waals surface area contributed by atoms with E-state index in [-0.39, 0.29) is 24.5 Å².